The maximum Gasteiger partial charge on any atom is 0.262 e. The van der Waals surface area contributed by atoms with E-state index in [2.05, 4.69) is 5.32 Å². The predicted octanol–water partition coefficient (Wildman–Crippen LogP) is 6.04. The molecule has 0 saturated carbocycles. The summed E-state index contributed by atoms with van der Waals surface area (Å²) in [6.45, 7) is -0.0625. The van der Waals surface area contributed by atoms with E-state index in [0.717, 1.165) is 27.9 Å². The van der Waals surface area contributed by atoms with E-state index < -0.39 is 0 Å². The lowest BCUT2D eigenvalue weighted by atomic mass is 10.0. The molecular weight excluding hydrogens is 358 g/mol. The summed E-state index contributed by atoms with van der Waals surface area (Å²) in [5.41, 5.74) is 4.82. The van der Waals surface area contributed by atoms with Gasteiger partial charge in [-0.2, -0.15) is 0 Å². The maximum absolute atomic E-state index is 12.6. The average Bonchev–Trinajstić information content (AvgIpc) is 2.79. The number of hydrogen-bond donors (Lipinski definition) is 1. The third-order valence-electron chi connectivity index (χ3n) is 4.62. The van der Waals surface area contributed by atoms with E-state index in [-0.39, 0.29) is 12.5 Å². The van der Waals surface area contributed by atoms with Gasteiger partial charge in [0.15, 0.2) is 6.61 Å². The molecular formula is C26H21NO2. The lowest BCUT2D eigenvalue weighted by Crippen LogP contribution is -2.20. The van der Waals surface area contributed by atoms with Gasteiger partial charge in [-0.1, -0.05) is 97.1 Å². The van der Waals surface area contributed by atoms with Gasteiger partial charge >= 0.3 is 0 Å². The molecule has 0 saturated heterocycles. The van der Waals surface area contributed by atoms with E-state index in [4.69, 9.17) is 4.74 Å². The van der Waals surface area contributed by atoms with Crippen LogP contribution in [0, 0.1) is 0 Å². The molecule has 0 fully saturated rings. The van der Waals surface area contributed by atoms with Crippen LogP contribution in [0.3, 0.4) is 0 Å². The number of benzene rings is 4. The number of carbonyl (C=O) groups excluding carboxylic acids is 1. The van der Waals surface area contributed by atoms with Crippen LogP contribution in [0.5, 0.6) is 5.75 Å². The molecule has 4 aromatic carbocycles. The highest BCUT2D eigenvalue weighted by atomic mass is 16.5. The molecule has 142 valence electrons. The van der Waals surface area contributed by atoms with Crippen molar-refractivity contribution in [2.45, 2.75) is 0 Å². The molecule has 0 aliphatic rings. The summed E-state index contributed by atoms with van der Waals surface area (Å²) in [7, 11) is 0. The van der Waals surface area contributed by atoms with E-state index in [1.807, 2.05) is 109 Å². The molecule has 3 heteroatoms. The summed E-state index contributed by atoms with van der Waals surface area (Å²) in [5, 5.41) is 2.97. The number of anilines is 1. The molecule has 4 rings (SSSR count). The summed E-state index contributed by atoms with van der Waals surface area (Å²) in [4.78, 5) is 12.6. The second-order valence-electron chi connectivity index (χ2n) is 6.61. The highest BCUT2D eigenvalue weighted by Crippen LogP contribution is 2.30. The topological polar surface area (TPSA) is 38.3 Å². The van der Waals surface area contributed by atoms with Crippen LogP contribution >= 0.6 is 0 Å². The Morgan fingerprint density at radius 3 is 1.83 bits per heavy atom. The van der Waals surface area contributed by atoms with Crippen molar-refractivity contribution in [2.75, 3.05) is 11.9 Å². The van der Waals surface area contributed by atoms with E-state index in [0.29, 0.717) is 5.75 Å². The van der Waals surface area contributed by atoms with Crippen LogP contribution in [0.15, 0.2) is 109 Å². The van der Waals surface area contributed by atoms with Gasteiger partial charge in [0.25, 0.3) is 5.91 Å². The summed E-state index contributed by atoms with van der Waals surface area (Å²) < 4.78 is 5.86. The molecule has 1 N–H and O–H groups in total. The van der Waals surface area contributed by atoms with Crippen LogP contribution in [0.4, 0.5) is 5.69 Å². The molecule has 4 aromatic rings. The third kappa shape index (κ3) is 4.53. The SMILES string of the molecule is O=C(COc1ccccc1-c1ccccc1)Nc1ccccc1-c1ccccc1. The number of amides is 1. The summed E-state index contributed by atoms with van der Waals surface area (Å²) in [6.07, 6.45) is 0. The normalized spacial score (nSPS) is 10.3. The first-order chi connectivity index (χ1) is 14.3. The van der Waals surface area contributed by atoms with Crippen molar-refractivity contribution in [1.82, 2.24) is 0 Å². The molecule has 29 heavy (non-hydrogen) atoms. The fourth-order valence-electron chi connectivity index (χ4n) is 3.24. The van der Waals surface area contributed by atoms with E-state index in [1.165, 1.54) is 0 Å². The van der Waals surface area contributed by atoms with Crippen molar-refractivity contribution in [2.24, 2.45) is 0 Å². The van der Waals surface area contributed by atoms with Crippen LogP contribution in [0.1, 0.15) is 0 Å². The van der Waals surface area contributed by atoms with Gasteiger partial charge < -0.3 is 10.1 Å². The van der Waals surface area contributed by atoms with Crippen molar-refractivity contribution in [3.05, 3.63) is 109 Å². The monoisotopic (exact) mass is 379 g/mol. The first kappa shape index (κ1) is 18.5. The van der Waals surface area contributed by atoms with Gasteiger partial charge in [0, 0.05) is 16.8 Å². The molecule has 0 atom stereocenters. The summed E-state index contributed by atoms with van der Waals surface area (Å²) >= 11 is 0. The zero-order chi connectivity index (χ0) is 19.9. The zero-order valence-electron chi connectivity index (χ0n) is 15.9. The second-order valence-corrected chi connectivity index (χ2v) is 6.61. The lowest BCUT2D eigenvalue weighted by Gasteiger charge is -2.14. The predicted molar refractivity (Wildman–Crippen MR) is 118 cm³/mol. The molecule has 1 amide bonds. The van der Waals surface area contributed by atoms with Crippen LogP contribution in [-0.4, -0.2) is 12.5 Å². The Morgan fingerprint density at radius 2 is 1.14 bits per heavy atom. The molecule has 0 aromatic heterocycles. The maximum atomic E-state index is 12.6. The largest absolute Gasteiger partial charge is 0.483 e. The Balaban J connectivity index is 1.48. The van der Waals surface area contributed by atoms with E-state index in [9.17, 15) is 4.79 Å². The quantitative estimate of drug-likeness (QED) is 0.444. The van der Waals surface area contributed by atoms with Crippen LogP contribution in [0.25, 0.3) is 22.3 Å². The first-order valence-corrected chi connectivity index (χ1v) is 9.53. The smallest absolute Gasteiger partial charge is 0.262 e. The Labute approximate surface area is 170 Å². The number of rotatable bonds is 6. The summed E-state index contributed by atoms with van der Waals surface area (Å²) in [6, 6.07) is 35.5. The van der Waals surface area contributed by atoms with Crippen molar-refractivity contribution in [1.29, 1.82) is 0 Å². The van der Waals surface area contributed by atoms with Crippen LogP contribution in [0.2, 0.25) is 0 Å². The van der Waals surface area contributed by atoms with Crippen molar-refractivity contribution >= 4 is 11.6 Å². The van der Waals surface area contributed by atoms with E-state index >= 15 is 0 Å². The molecule has 0 bridgehead atoms. The fourth-order valence-corrected chi connectivity index (χ4v) is 3.24. The van der Waals surface area contributed by atoms with E-state index in [1.54, 1.807) is 0 Å². The fraction of sp³-hybridized carbons (Fsp3) is 0.0385. The second kappa shape index (κ2) is 8.89. The zero-order valence-corrected chi connectivity index (χ0v) is 15.9. The Hall–Kier alpha value is -3.85. The van der Waals surface area contributed by atoms with Gasteiger partial charge in [0.2, 0.25) is 0 Å². The van der Waals surface area contributed by atoms with Crippen molar-refractivity contribution in [3.8, 4) is 28.0 Å². The van der Waals surface area contributed by atoms with Gasteiger partial charge in [-0.3, -0.25) is 4.79 Å². The molecule has 0 radical (unpaired) electrons. The molecule has 3 nitrogen and oxygen atoms in total. The third-order valence-corrected chi connectivity index (χ3v) is 4.62. The average molecular weight is 379 g/mol. The van der Waals surface area contributed by atoms with Gasteiger partial charge in [0.1, 0.15) is 5.75 Å². The Kier molecular flexibility index (Phi) is 5.68. The summed E-state index contributed by atoms with van der Waals surface area (Å²) in [5.74, 6) is 0.487. The molecule has 0 aliphatic heterocycles. The minimum absolute atomic E-state index is 0.0625. The van der Waals surface area contributed by atoms with Gasteiger partial charge in [-0.25, -0.2) is 0 Å². The minimum atomic E-state index is -0.198. The molecule has 0 spiro atoms. The minimum Gasteiger partial charge on any atom is -0.483 e. The highest BCUT2D eigenvalue weighted by Gasteiger charge is 2.11. The van der Waals surface area contributed by atoms with Crippen LogP contribution < -0.4 is 10.1 Å². The Morgan fingerprint density at radius 1 is 0.621 bits per heavy atom. The molecule has 0 unspecified atom stereocenters. The lowest BCUT2D eigenvalue weighted by molar-refractivity contribution is -0.118. The number of nitrogens with one attached hydrogen (secondary N) is 1. The Bertz CT molecular complexity index is 1090. The van der Waals surface area contributed by atoms with Gasteiger partial charge in [0.05, 0.1) is 0 Å². The highest BCUT2D eigenvalue weighted by molar-refractivity contribution is 5.96. The number of hydrogen-bond acceptors (Lipinski definition) is 2. The number of para-hydroxylation sites is 2. The van der Waals surface area contributed by atoms with Crippen molar-refractivity contribution in [3.63, 3.8) is 0 Å². The standard InChI is InChI=1S/C26H21NO2/c28-26(27-24-17-9-7-15-22(24)20-11-3-1-4-12-20)19-29-25-18-10-8-16-23(25)21-13-5-2-6-14-21/h1-18H,19H2,(H,27,28). The van der Waals surface area contributed by atoms with Crippen LogP contribution in [-0.2, 0) is 4.79 Å². The van der Waals surface area contributed by atoms with Gasteiger partial charge in [-0.05, 0) is 23.3 Å². The number of carbonyl (C=O) groups is 1. The molecule has 0 aliphatic carbocycles. The molecule has 0 heterocycles. The van der Waals surface area contributed by atoms with Crippen molar-refractivity contribution < 1.29 is 9.53 Å². The first-order valence-electron chi connectivity index (χ1n) is 9.53. The van der Waals surface area contributed by atoms with Gasteiger partial charge in [-0.15, -0.1) is 0 Å². The number of ether oxygens (including phenoxy) is 1.